The fourth-order valence-corrected chi connectivity index (χ4v) is 2.62. The molecule has 6 nitrogen and oxygen atoms in total. The van der Waals surface area contributed by atoms with Crippen molar-refractivity contribution >= 4 is 16.8 Å². The summed E-state index contributed by atoms with van der Waals surface area (Å²) in [6.07, 6.45) is -4.90. The number of benzene rings is 1. The maximum absolute atomic E-state index is 13.4. The van der Waals surface area contributed by atoms with Crippen molar-refractivity contribution in [2.45, 2.75) is 19.1 Å². The third-order valence-electron chi connectivity index (χ3n) is 3.61. The van der Waals surface area contributed by atoms with Crippen LogP contribution in [0.3, 0.4) is 0 Å². The van der Waals surface area contributed by atoms with Gasteiger partial charge in [-0.15, -0.1) is 0 Å². The second-order valence-corrected chi connectivity index (χ2v) is 5.56. The zero-order valence-electron chi connectivity index (χ0n) is 13.0. The molecular weight excluding hydrogens is 342 g/mol. The van der Waals surface area contributed by atoms with Gasteiger partial charge < -0.3 is 10.3 Å². The average Bonchev–Trinajstić information content (AvgIpc) is 2.97. The summed E-state index contributed by atoms with van der Waals surface area (Å²) in [5.74, 6) is -1.40. The monoisotopic (exact) mass is 355 g/mol. The van der Waals surface area contributed by atoms with Crippen LogP contribution in [0.5, 0.6) is 0 Å². The molecule has 0 aliphatic rings. The van der Waals surface area contributed by atoms with Gasteiger partial charge in [0.05, 0.1) is 12.1 Å². The predicted octanol–water partition coefficient (Wildman–Crippen LogP) is 2.17. The third-order valence-corrected chi connectivity index (χ3v) is 3.61. The van der Waals surface area contributed by atoms with E-state index in [0.29, 0.717) is 21.3 Å². The van der Waals surface area contributed by atoms with E-state index in [9.17, 15) is 22.4 Å². The van der Waals surface area contributed by atoms with E-state index in [0.717, 1.165) is 0 Å². The summed E-state index contributed by atoms with van der Waals surface area (Å²) in [6, 6.07) is 5.56. The highest BCUT2D eigenvalue weighted by Gasteiger charge is 2.31. The Bertz CT molecular complexity index is 957. The normalized spacial score (nSPS) is 12.0. The van der Waals surface area contributed by atoms with Crippen molar-refractivity contribution < 1.29 is 22.4 Å². The van der Waals surface area contributed by atoms with Gasteiger partial charge in [0.1, 0.15) is 12.4 Å². The minimum Gasteiger partial charge on any atom is -0.369 e. The highest BCUT2D eigenvalue weighted by Crippen LogP contribution is 2.28. The summed E-state index contributed by atoms with van der Waals surface area (Å²) < 4.78 is 54.1. The summed E-state index contributed by atoms with van der Waals surface area (Å²) in [5, 5.41) is 4.25. The van der Waals surface area contributed by atoms with Gasteiger partial charge in [0.2, 0.25) is 5.91 Å². The van der Waals surface area contributed by atoms with Crippen LogP contribution in [0, 0.1) is 5.82 Å². The molecule has 0 saturated heterocycles. The van der Waals surface area contributed by atoms with Gasteiger partial charge in [-0.2, -0.15) is 18.3 Å². The summed E-state index contributed by atoms with van der Waals surface area (Å²) in [4.78, 5) is 15.0. The van der Waals surface area contributed by atoms with Crippen molar-refractivity contribution in [1.82, 2.24) is 19.3 Å². The van der Waals surface area contributed by atoms with Crippen LogP contribution >= 0.6 is 0 Å². The topological polar surface area (TPSA) is 78.7 Å². The van der Waals surface area contributed by atoms with Crippen LogP contribution in [0.2, 0.25) is 0 Å². The molecule has 2 N–H and O–H groups in total. The quantitative estimate of drug-likeness (QED) is 0.729. The molecule has 25 heavy (non-hydrogen) atoms. The molecule has 132 valence electrons. The predicted molar refractivity (Wildman–Crippen MR) is 80.8 cm³/mol. The van der Waals surface area contributed by atoms with Gasteiger partial charge in [-0.1, -0.05) is 0 Å². The Hall–Kier alpha value is -2.91. The largest absolute Gasteiger partial charge is 0.408 e. The lowest BCUT2D eigenvalue weighted by Crippen LogP contribution is -2.20. The molecule has 2 aromatic heterocycles. The lowest BCUT2D eigenvalue weighted by molar-refractivity contribution is -0.142. The van der Waals surface area contributed by atoms with Crippen LogP contribution < -0.4 is 5.73 Å². The van der Waals surface area contributed by atoms with Crippen LogP contribution in [-0.2, 0) is 24.8 Å². The molecular formula is C15H13F4N5O. The standard InChI is InChI=1S/C15H13F4N5O/c1-23-10-3-2-9(16)4-8(10)5-11(23)14-21-13(6-12(20)25)22-24(14)7-15(17,18)19/h2-5H,6-7H2,1H3,(H2,20,25). The fraction of sp³-hybridized carbons (Fsp3) is 0.267. The Morgan fingerprint density at radius 2 is 2.00 bits per heavy atom. The van der Waals surface area contributed by atoms with Crippen molar-refractivity contribution in [1.29, 1.82) is 0 Å². The molecule has 0 bridgehead atoms. The molecule has 1 amide bonds. The number of alkyl halides is 3. The van der Waals surface area contributed by atoms with E-state index in [4.69, 9.17) is 5.73 Å². The minimum absolute atomic E-state index is 0.0762. The first-order valence-electron chi connectivity index (χ1n) is 7.18. The van der Waals surface area contributed by atoms with Gasteiger partial charge in [-0.05, 0) is 24.3 Å². The molecule has 0 atom stereocenters. The van der Waals surface area contributed by atoms with E-state index in [-0.39, 0.29) is 18.1 Å². The van der Waals surface area contributed by atoms with Gasteiger partial charge in [0.25, 0.3) is 0 Å². The van der Waals surface area contributed by atoms with Crippen molar-refractivity contribution in [3.63, 3.8) is 0 Å². The maximum atomic E-state index is 13.4. The summed E-state index contributed by atoms with van der Waals surface area (Å²) in [5.41, 5.74) is 5.99. The van der Waals surface area contributed by atoms with Crippen LogP contribution in [-0.4, -0.2) is 31.4 Å². The SMILES string of the molecule is Cn1c(-c2nc(CC(N)=O)nn2CC(F)(F)F)cc2cc(F)ccc21. The number of nitrogens with zero attached hydrogens (tertiary/aromatic N) is 4. The Morgan fingerprint density at radius 1 is 1.28 bits per heavy atom. The molecule has 0 radical (unpaired) electrons. The summed E-state index contributed by atoms with van der Waals surface area (Å²) >= 11 is 0. The zero-order valence-corrected chi connectivity index (χ0v) is 13.0. The number of hydrogen-bond donors (Lipinski definition) is 1. The number of nitrogens with two attached hydrogens (primary N) is 1. The highest BCUT2D eigenvalue weighted by molar-refractivity contribution is 5.86. The Labute approximate surface area is 138 Å². The van der Waals surface area contributed by atoms with E-state index in [2.05, 4.69) is 10.1 Å². The summed E-state index contributed by atoms with van der Waals surface area (Å²) in [6.45, 7) is -1.37. The van der Waals surface area contributed by atoms with E-state index >= 15 is 0 Å². The fourth-order valence-electron chi connectivity index (χ4n) is 2.62. The van der Waals surface area contributed by atoms with E-state index < -0.39 is 24.4 Å². The molecule has 0 fully saturated rings. The van der Waals surface area contributed by atoms with Gasteiger partial charge in [-0.25, -0.2) is 14.1 Å². The number of hydrogen-bond acceptors (Lipinski definition) is 3. The van der Waals surface area contributed by atoms with Gasteiger partial charge in [0.15, 0.2) is 11.6 Å². The Morgan fingerprint density at radius 3 is 2.64 bits per heavy atom. The number of amides is 1. The molecule has 0 spiro atoms. The second-order valence-electron chi connectivity index (χ2n) is 5.56. The number of primary amides is 1. The minimum atomic E-state index is -4.52. The van der Waals surface area contributed by atoms with Crippen LogP contribution in [0.25, 0.3) is 22.4 Å². The number of carbonyl (C=O) groups excluding carboxylic acids is 1. The number of carbonyl (C=O) groups is 1. The third kappa shape index (κ3) is 3.47. The van der Waals surface area contributed by atoms with Crippen LogP contribution in [0.15, 0.2) is 24.3 Å². The van der Waals surface area contributed by atoms with Crippen molar-refractivity contribution in [2.24, 2.45) is 12.8 Å². The molecule has 10 heteroatoms. The molecule has 2 heterocycles. The summed E-state index contributed by atoms with van der Waals surface area (Å²) in [7, 11) is 1.62. The van der Waals surface area contributed by atoms with Gasteiger partial charge >= 0.3 is 6.18 Å². The number of halogens is 4. The van der Waals surface area contributed by atoms with E-state index in [1.807, 2.05) is 0 Å². The van der Waals surface area contributed by atoms with E-state index in [1.165, 1.54) is 24.3 Å². The van der Waals surface area contributed by atoms with Crippen molar-refractivity contribution in [3.05, 3.63) is 35.9 Å². The van der Waals surface area contributed by atoms with Crippen LogP contribution in [0.4, 0.5) is 17.6 Å². The maximum Gasteiger partial charge on any atom is 0.408 e. The number of aromatic nitrogens is 4. The Kier molecular flexibility index (Phi) is 3.97. The lowest BCUT2D eigenvalue weighted by Gasteiger charge is -2.09. The van der Waals surface area contributed by atoms with E-state index in [1.54, 1.807) is 11.6 Å². The zero-order chi connectivity index (χ0) is 18.4. The van der Waals surface area contributed by atoms with Gasteiger partial charge in [0, 0.05) is 18.0 Å². The molecule has 0 aliphatic carbocycles. The lowest BCUT2D eigenvalue weighted by atomic mass is 10.2. The van der Waals surface area contributed by atoms with Crippen LogP contribution in [0.1, 0.15) is 5.82 Å². The Balaban J connectivity index is 2.16. The molecule has 0 unspecified atom stereocenters. The van der Waals surface area contributed by atoms with Gasteiger partial charge in [-0.3, -0.25) is 4.79 Å². The first-order chi connectivity index (χ1) is 11.6. The molecule has 3 rings (SSSR count). The second kappa shape index (κ2) is 5.87. The first-order valence-corrected chi connectivity index (χ1v) is 7.18. The smallest absolute Gasteiger partial charge is 0.369 e. The molecule has 0 saturated carbocycles. The number of rotatable bonds is 4. The molecule has 1 aromatic carbocycles. The average molecular weight is 355 g/mol. The molecule has 3 aromatic rings. The van der Waals surface area contributed by atoms with Crippen molar-refractivity contribution in [2.75, 3.05) is 0 Å². The number of aryl methyl sites for hydroxylation is 1. The highest BCUT2D eigenvalue weighted by atomic mass is 19.4. The van der Waals surface area contributed by atoms with Crippen molar-refractivity contribution in [3.8, 4) is 11.5 Å². The first kappa shape index (κ1) is 16.9. The number of fused-ring (bicyclic) bond motifs is 1. The molecule has 0 aliphatic heterocycles.